The minimum absolute atomic E-state index is 0.107. The van der Waals surface area contributed by atoms with Crippen molar-refractivity contribution in [1.29, 1.82) is 0 Å². The second-order valence-electron chi connectivity index (χ2n) is 7.49. The molecule has 0 aliphatic carbocycles. The fraction of sp³-hybridized carbons (Fsp3) is 0.500. The van der Waals surface area contributed by atoms with E-state index in [9.17, 15) is 4.79 Å². The van der Waals surface area contributed by atoms with Crippen LogP contribution >= 0.6 is 0 Å². The molecule has 1 fully saturated rings. The number of aromatic amines is 1. The number of fused-ring (bicyclic) bond motifs is 1. The quantitative estimate of drug-likeness (QED) is 0.619. The predicted octanol–water partition coefficient (Wildman–Crippen LogP) is 1.62. The van der Waals surface area contributed by atoms with Crippen molar-refractivity contribution in [2.45, 2.75) is 32.2 Å². The predicted molar refractivity (Wildman–Crippen MR) is 107 cm³/mol. The molecule has 28 heavy (non-hydrogen) atoms. The second kappa shape index (κ2) is 8.97. The summed E-state index contributed by atoms with van der Waals surface area (Å²) in [5.74, 6) is 1.55. The van der Waals surface area contributed by atoms with Crippen LogP contribution in [0.3, 0.4) is 0 Å². The molecule has 0 atom stereocenters. The van der Waals surface area contributed by atoms with Gasteiger partial charge in [0.1, 0.15) is 18.5 Å². The van der Waals surface area contributed by atoms with Crippen LogP contribution in [-0.4, -0.2) is 61.7 Å². The number of nitrogens with one attached hydrogen (secondary N) is 2. The number of likely N-dealkylation sites (tertiary alicyclic amines) is 1. The Bertz CT molecular complexity index is 848. The monoisotopic (exact) mass is 381 g/mol. The molecule has 0 radical (unpaired) electrons. The SMILES string of the molecule is O=C(CCc1nc2ccccc2[nH]1)NCC1CCN(CCn2cnnc2)CC1. The van der Waals surface area contributed by atoms with E-state index in [-0.39, 0.29) is 5.91 Å². The number of rotatable bonds is 8. The van der Waals surface area contributed by atoms with E-state index in [0.717, 1.165) is 62.4 Å². The molecule has 1 amide bonds. The molecule has 1 saturated heterocycles. The largest absolute Gasteiger partial charge is 0.356 e. The second-order valence-corrected chi connectivity index (χ2v) is 7.49. The molecule has 8 heteroatoms. The van der Waals surface area contributed by atoms with Crippen molar-refractivity contribution in [2.24, 2.45) is 5.92 Å². The molecule has 4 rings (SSSR count). The zero-order chi connectivity index (χ0) is 19.2. The highest BCUT2D eigenvalue weighted by molar-refractivity contribution is 5.77. The maximum absolute atomic E-state index is 12.2. The first-order chi connectivity index (χ1) is 13.8. The smallest absolute Gasteiger partial charge is 0.220 e. The Morgan fingerprint density at radius 1 is 1.14 bits per heavy atom. The Labute approximate surface area is 164 Å². The van der Waals surface area contributed by atoms with Crippen LogP contribution in [0.1, 0.15) is 25.1 Å². The maximum Gasteiger partial charge on any atom is 0.220 e. The highest BCUT2D eigenvalue weighted by Gasteiger charge is 2.19. The van der Waals surface area contributed by atoms with Gasteiger partial charge in [-0.05, 0) is 44.0 Å². The Kier molecular flexibility index (Phi) is 5.96. The van der Waals surface area contributed by atoms with E-state index in [2.05, 4.69) is 30.4 Å². The van der Waals surface area contributed by atoms with Gasteiger partial charge in [0, 0.05) is 32.5 Å². The van der Waals surface area contributed by atoms with Gasteiger partial charge in [0.2, 0.25) is 5.91 Å². The Morgan fingerprint density at radius 3 is 2.71 bits per heavy atom. The lowest BCUT2D eigenvalue weighted by atomic mass is 9.96. The number of para-hydroxylation sites is 2. The molecule has 0 unspecified atom stereocenters. The van der Waals surface area contributed by atoms with E-state index in [0.29, 0.717) is 18.8 Å². The lowest BCUT2D eigenvalue weighted by Crippen LogP contribution is -2.39. The third-order valence-electron chi connectivity index (χ3n) is 5.46. The highest BCUT2D eigenvalue weighted by Crippen LogP contribution is 2.16. The minimum atomic E-state index is 0.107. The van der Waals surface area contributed by atoms with Gasteiger partial charge in [-0.15, -0.1) is 10.2 Å². The zero-order valence-corrected chi connectivity index (χ0v) is 16.0. The van der Waals surface area contributed by atoms with Crippen LogP contribution in [0.4, 0.5) is 0 Å². The number of carbonyl (C=O) groups excluding carboxylic acids is 1. The topological polar surface area (TPSA) is 91.7 Å². The zero-order valence-electron chi connectivity index (χ0n) is 16.0. The van der Waals surface area contributed by atoms with Crippen LogP contribution in [0.25, 0.3) is 11.0 Å². The first kappa shape index (κ1) is 18.6. The summed E-state index contributed by atoms with van der Waals surface area (Å²) in [4.78, 5) is 22.5. The fourth-order valence-corrected chi connectivity index (χ4v) is 3.71. The average molecular weight is 381 g/mol. The third kappa shape index (κ3) is 4.95. The van der Waals surface area contributed by atoms with Gasteiger partial charge < -0.3 is 19.8 Å². The molecule has 3 heterocycles. The molecular formula is C20H27N7O. The van der Waals surface area contributed by atoms with Crippen molar-refractivity contribution < 1.29 is 4.79 Å². The van der Waals surface area contributed by atoms with Crippen LogP contribution in [0.5, 0.6) is 0 Å². The molecule has 148 valence electrons. The summed E-state index contributed by atoms with van der Waals surface area (Å²) >= 11 is 0. The number of nitrogens with zero attached hydrogens (tertiary/aromatic N) is 5. The number of imidazole rings is 1. The average Bonchev–Trinajstić information content (AvgIpc) is 3.39. The van der Waals surface area contributed by atoms with Crippen LogP contribution in [0.15, 0.2) is 36.9 Å². The summed E-state index contributed by atoms with van der Waals surface area (Å²) in [5.41, 5.74) is 1.97. The maximum atomic E-state index is 12.2. The van der Waals surface area contributed by atoms with E-state index in [1.807, 2.05) is 28.8 Å². The van der Waals surface area contributed by atoms with Crippen LogP contribution in [0, 0.1) is 5.92 Å². The molecule has 0 spiro atoms. The first-order valence-electron chi connectivity index (χ1n) is 10.0. The summed E-state index contributed by atoms with van der Waals surface area (Å²) < 4.78 is 2.01. The number of piperidine rings is 1. The van der Waals surface area contributed by atoms with Crippen molar-refractivity contribution in [3.8, 4) is 0 Å². The molecule has 1 aliphatic heterocycles. The van der Waals surface area contributed by atoms with Gasteiger partial charge >= 0.3 is 0 Å². The van der Waals surface area contributed by atoms with Crippen molar-refractivity contribution >= 4 is 16.9 Å². The number of hydrogen-bond acceptors (Lipinski definition) is 5. The van der Waals surface area contributed by atoms with Gasteiger partial charge in [-0.2, -0.15) is 0 Å². The number of carbonyl (C=O) groups is 1. The van der Waals surface area contributed by atoms with E-state index >= 15 is 0 Å². The standard InChI is InChI=1S/C20H27N7O/c28-20(6-5-19-24-17-3-1-2-4-18(17)25-19)21-13-16-7-9-26(10-8-16)11-12-27-14-22-23-15-27/h1-4,14-16H,5-13H2,(H,21,28)(H,24,25). The molecule has 2 aromatic heterocycles. The highest BCUT2D eigenvalue weighted by atomic mass is 16.1. The van der Waals surface area contributed by atoms with Crippen molar-refractivity contribution in [2.75, 3.05) is 26.2 Å². The summed E-state index contributed by atoms with van der Waals surface area (Å²) in [6.45, 7) is 4.90. The van der Waals surface area contributed by atoms with Gasteiger partial charge in [0.15, 0.2) is 0 Å². The molecule has 8 nitrogen and oxygen atoms in total. The lowest BCUT2D eigenvalue weighted by Gasteiger charge is -2.32. The van der Waals surface area contributed by atoms with Crippen LogP contribution < -0.4 is 5.32 Å². The Balaban J connectivity index is 1.12. The summed E-state index contributed by atoms with van der Waals surface area (Å²) in [6, 6.07) is 7.94. The van der Waals surface area contributed by atoms with Gasteiger partial charge in [-0.25, -0.2) is 4.98 Å². The van der Waals surface area contributed by atoms with E-state index in [1.165, 1.54) is 0 Å². The van der Waals surface area contributed by atoms with Crippen LogP contribution in [-0.2, 0) is 17.8 Å². The van der Waals surface area contributed by atoms with Crippen molar-refractivity contribution in [3.05, 3.63) is 42.7 Å². The summed E-state index contributed by atoms with van der Waals surface area (Å²) in [7, 11) is 0. The van der Waals surface area contributed by atoms with E-state index in [4.69, 9.17) is 0 Å². The van der Waals surface area contributed by atoms with Crippen molar-refractivity contribution in [1.82, 2.24) is 34.9 Å². The molecule has 0 saturated carbocycles. The Hall–Kier alpha value is -2.74. The van der Waals surface area contributed by atoms with Gasteiger partial charge in [0.25, 0.3) is 0 Å². The Morgan fingerprint density at radius 2 is 1.93 bits per heavy atom. The summed E-state index contributed by atoms with van der Waals surface area (Å²) in [6.07, 6.45) is 6.89. The minimum Gasteiger partial charge on any atom is -0.356 e. The van der Waals surface area contributed by atoms with Gasteiger partial charge in [-0.3, -0.25) is 4.79 Å². The molecule has 1 aliphatic rings. The van der Waals surface area contributed by atoms with Gasteiger partial charge in [-0.1, -0.05) is 12.1 Å². The molecule has 0 bridgehead atoms. The normalized spacial score (nSPS) is 15.9. The molecule has 2 N–H and O–H groups in total. The fourth-order valence-electron chi connectivity index (χ4n) is 3.71. The summed E-state index contributed by atoms with van der Waals surface area (Å²) in [5, 5.41) is 10.8. The number of aromatic nitrogens is 5. The number of aryl methyl sites for hydroxylation is 1. The molecule has 1 aromatic carbocycles. The number of benzene rings is 1. The molecule has 3 aromatic rings. The van der Waals surface area contributed by atoms with Gasteiger partial charge in [0.05, 0.1) is 11.0 Å². The van der Waals surface area contributed by atoms with E-state index < -0.39 is 0 Å². The van der Waals surface area contributed by atoms with Crippen LogP contribution in [0.2, 0.25) is 0 Å². The molecular weight excluding hydrogens is 354 g/mol. The first-order valence-corrected chi connectivity index (χ1v) is 10.0. The number of hydrogen-bond donors (Lipinski definition) is 2. The third-order valence-corrected chi connectivity index (χ3v) is 5.46. The number of amides is 1. The lowest BCUT2D eigenvalue weighted by molar-refractivity contribution is -0.121. The van der Waals surface area contributed by atoms with E-state index in [1.54, 1.807) is 12.7 Å². The number of H-pyrrole nitrogens is 1. The van der Waals surface area contributed by atoms with Crippen molar-refractivity contribution in [3.63, 3.8) is 0 Å².